The molecule has 1 aromatic rings. The van der Waals surface area contributed by atoms with Crippen molar-refractivity contribution >= 4 is 11.7 Å². The maximum absolute atomic E-state index is 13.4. The molecule has 1 aliphatic heterocycles. The Bertz CT molecular complexity index is 884. The van der Waals surface area contributed by atoms with Gasteiger partial charge in [-0.2, -0.15) is 0 Å². The first-order chi connectivity index (χ1) is 14.5. The fourth-order valence-corrected chi connectivity index (χ4v) is 7.36. The molecule has 1 amide bonds. The van der Waals surface area contributed by atoms with Gasteiger partial charge in [-0.1, -0.05) is 31.2 Å². The maximum atomic E-state index is 13.4. The lowest BCUT2D eigenvalue weighted by atomic mass is 9.54. The summed E-state index contributed by atoms with van der Waals surface area (Å²) in [4.78, 5) is 28.1. The summed E-state index contributed by atoms with van der Waals surface area (Å²) in [6, 6.07) is 8.80. The zero-order chi connectivity index (χ0) is 20.9. The Hall–Kier alpha value is -2.10. The quantitative estimate of drug-likeness (QED) is 0.579. The van der Waals surface area contributed by atoms with E-state index in [1.165, 1.54) is 11.1 Å². The van der Waals surface area contributed by atoms with Gasteiger partial charge in [-0.15, -0.1) is 0 Å². The number of allylic oxidation sites excluding steroid dienone is 1. The van der Waals surface area contributed by atoms with Gasteiger partial charge in [-0.05, 0) is 79.7 Å². The van der Waals surface area contributed by atoms with Crippen LogP contribution in [-0.4, -0.2) is 34.8 Å². The Morgan fingerprint density at radius 1 is 1.23 bits per heavy atom. The van der Waals surface area contributed by atoms with Gasteiger partial charge in [0.25, 0.3) is 0 Å². The number of nitrogens with zero attached hydrogens (tertiary/aromatic N) is 1. The molecule has 1 saturated heterocycles. The molecule has 5 unspecified atom stereocenters. The Balaban J connectivity index is 1.44. The van der Waals surface area contributed by atoms with Gasteiger partial charge in [0.1, 0.15) is 0 Å². The molecule has 0 aromatic heterocycles. The smallest absolute Gasteiger partial charge is 0.222 e. The summed E-state index contributed by atoms with van der Waals surface area (Å²) < 4.78 is 0. The van der Waals surface area contributed by atoms with Crippen molar-refractivity contribution in [2.75, 3.05) is 13.1 Å². The predicted molar refractivity (Wildman–Crippen MR) is 116 cm³/mol. The normalized spacial score (nSPS) is 36.5. The number of likely N-dealkylation sites (tertiary alicyclic amines) is 1. The van der Waals surface area contributed by atoms with Crippen molar-refractivity contribution in [3.05, 3.63) is 47.2 Å². The van der Waals surface area contributed by atoms with Gasteiger partial charge < -0.3 is 10.0 Å². The van der Waals surface area contributed by atoms with E-state index in [1.807, 2.05) is 4.90 Å². The van der Waals surface area contributed by atoms with Gasteiger partial charge in [-0.25, -0.2) is 0 Å². The van der Waals surface area contributed by atoms with E-state index in [4.69, 9.17) is 0 Å². The molecule has 5 atom stereocenters. The van der Waals surface area contributed by atoms with E-state index in [0.717, 1.165) is 57.9 Å². The number of aliphatic hydroxyl groups excluding tert-OH is 1. The highest BCUT2D eigenvalue weighted by molar-refractivity contribution is 6.03. The average Bonchev–Trinajstić information content (AvgIpc) is 3.37. The first-order valence-corrected chi connectivity index (χ1v) is 11.8. The number of carbonyl (C=O) groups is 2. The molecule has 160 valence electrons. The second-order valence-electron chi connectivity index (χ2n) is 10.1. The lowest BCUT2D eigenvalue weighted by Crippen LogP contribution is -2.44. The van der Waals surface area contributed by atoms with Gasteiger partial charge in [0.2, 0.25) is 5.91 Å². The minimum atomic E-state index is -0.399. The number of aryl methyl sites for hydroxylation is 1. The van der Waals surface area contributed by atoms with Crippen LogP contribution in [0.15, 0.2) is 36.1 Å². The van der Waals surface area contributed by atoms with Crippen molar-refractivity contribution in [2.24, 2.45) is 23.2 Å². The molecule has 0 spiro atoms. The number of Topliss-reactive ketones (excluding diaryl/α,β-unsaturated/α-hetero) is 1. The molecule has 1 heterocycles. The lowest BCUT2D eigenvalue weighted by Gasteiger charge is -2.49. The van der Waals surface area contributed by atoms with Crippen LogP contribution in [-0.2, 0) is 16.0 Å². The zero-order valence-electron chi connectivity index (χ0n) is 18.0. The van der Waals surface area contributed by atoms with Gasteiger partial charge in [0.15, 0.2) is 5.78 Å². The molecule has 1 N–H and O–H groups in total. The minimum Gasteiger partial charge on any atom is -0.515 e. The summed E-state index contributed by atoms with van der Waals surface area (Å²) >= 11 is 0. The predicted octanol–water partition coefficient (Wildman–Crippen LogP) is 4.79. The largest absolute Gasteiger partial charge is 0.515 e. The number of fused-ring (bicyclic) bond motifs is 5. The van der Waals surface area contributed by atoms with E-state index in [1.54, 1.807) is 0 Å². The van der Waals surface area contributed by atoms with Crippen LogP contribution in [0.2, 0.25) is 0 Å². The monoisotopic (exact) mass is 407 g/mol. The molecular weight excluding hydrogens is 374 g/mol. The fraction of sp³-hybridized carbons (Fsp3) is 0.615. The molecule has 0 bridgehead atoms. The van der Waals surface area contributed by atoms with E-state index in [2.05, 4.69) is 31.2 Å². The number of rotatable bonds is 3. The van der Waals surface area contributed by atoms with Crippen molar-refractivity contribution in [3.8, 4) is 0 Å². The second-order valence-corrected chi connectivity index (χ2v) is 10.1. The summed E-state index contributed by atoms with van der Waals surface area (Å²) in [5.74, 6) is 1.51. The van der Waals surface area contributed by atoms with Gasteiger partial charge in [0, 0.05) is 30.5 Å². The third-order valence-corrected chi connectivity index (χ3v) is 8.77. The summed E-state index contributed by atoms with van der Waals surface area (Å²) in [5.41, 5.74) is 3.11. The summed E-state index contributed by atoms with van der Waals surface area (Å²) in [6.07, 6.45) is 8.51. The molecule has 30 heavy (non-hydrogen) atoms. The minimum absolute atomic E-state index is 0.00267. The van der Waals surface area contributed by atoms with E-state index in [9.17, 15) is 14.7 Å². The highest BCUT2D eigenvalue weighted by Gasteiger charge is 2.60. The number of amides is 1. The van der Waals surface area contributed by atoms with Crippen molar-refractivity contribution in [1.29, 1.82) is 0 Å². The molecule has 0 radical (unpaired) electrons. The topological polar surface area (TPSA) is 57.6 Å². The molecule has 1 aromatic carbocycles. The van der Waals surface area contributed by atoms with Crippen LogP contribution in [0, 0.1) is 23.2 Å². The number of hydrogen-bond donors (Lipinski definition) is 1. The van der Waals surface area contributed by atoms with Crippen LogP contribution in [0.25, 0.3) is 0 Å². The summed E-state index contributed by atoms with van der Waals surface area (Å²) in [7, 11) is 0. The maximum Gasteiger partial charge on any atom is 0.222 e. The highest BCUT2D eigenvalue weighted by Crippen LogP contribution is 2.63. The van der Waals surface area contributed by atoms with E-state index in [0.29, 0.717) is 30.3 Å². The Morgan fingerprint density at radius 3 is 2.77 bits per heavy atom. The second kappa shape index (κ2) is 7.55. The Labute approximate surface area is 179 Å². The van der Waals surface area contributed by atoms with Crippen molar-refractivity contribution < 1.29 is 14.7 Å². The van der Waals surface area contributed by atoms with Gasteiger partial charge >= 0.3 is 0 Å². The number of hydrogen-bond acceptors (Lipinski definition) is 3. The van der Waals surface area contributed by atoms with Crippen LogP contribution in [0.3, 0.4) is 0 Å². The molecule has 4 nitrogen and oxygen atoms in total. The molecule has 2 saturated carbocycles. The molecule has 5 rings (SSSR count). The average molecular weight is 408 g/mol. The van der Waals surface area contributed by atoms with Crippen LogP contribution < -0.4 is 0 Å². The van der Waals surface area contributed by atoms with Crippen LogP contribution in [0.5, 0.6) is 0 Å². The third kappa shape index (κ3) is 2.94. The molecule has 3 aliphatic carbocycles. The number of aliphatic hydroxyl groups is 1. The van der Waals surface area contributed by atoms with Crippen LogP contribution in [0.1, 0.15) is 68.9 Å². The fourth-order valence-electron chi connectivity index (χ4n) is 7.36. The SMILES string of the molecule is CC12CCC3c4ccccc4CCC3C1C(CCC(=O)N1CCCC1)/C(=C/O)C2=O. The Kier molecular flexibility index (Phi) is 4.99. The number of ketones is 1. The van der Waals surface area contributed by atoms with Crippen molar-refractivity contribution in [1.82, 2.24) is 4.90 Å². The first kappa shape index (κ1) is 19.8. The van der Waals surface area contributed by atoms with Gasteiger partial charge in [0.05, 0.1) is 6.26 Å². The highest BCUT2D eigenvalue weighted by atomic mass is 16.2. The number of benzene rings is 1. The number of carbonyl (C=O) groups excluding carboxylic acids is 2. The van der Waals surface area contributed by atoms with Crippen LogP contribution >= 0.6 is 0 Å². The third-order valence-electron chi connectivity index (χ3n) is 8.77. The molecule has 4 heteroatoms. The van der Waals surface area contributed by atoms with E-state index >= 15 is 0 Å². The van der Waals surface area contributed by atoms with E-state index < -0.39 is 5.41 Å². The van der Waals surface area contributed by atoms with E-state index in [-0.39, 0.29) is 23.5 Å². The Morgan fingerprint density at radius 2 is 2.00 bits per heavy atom. The zero-order valence-corrected chi connectivity index (χ0v) is 18.0. The summed E-state index contributed by atoms with van der Waals surface area (Å²) in [5, 5.41) is 10.0. The van der Waals surface area contributed by atoms with Gasteiger partial charge in [-0.3, -0.25) is 9.59 Å². The van der Waals surface area contributed by atoms with Crippen LogP contribution in [0.4, 0.5) is 0 Å². The van der Waals surface area contributed by atoms with Crippen molar-refractivity contribution in [3.63, 3.8) is 0 Å². The first-order valence-electron chi connectivity index (χ1n) is 11.8. The van der Waals surface area contributed by atoms with Crippen molar-refractivity contribution in [2.45, 2.75) is 64.2 Å². The lowest BCUT2D eigenvalue weighted by molar-refractivity contribution is -0.130. The summed E-state index contributed by atoms with van der Waals surface area (Å²) in [6.45, 7) is 3.87. The molecule has 4 aliphatic rings. The molecular formula is C26H33NO3. The standard InChI is InChI=1S/C26H33NO3/c1-26-13-12-19-18-7-3-2-6-17(18)8-9-20(19)24(26)21(22(16-28)25(26)30)10-11-23(29)27-14-4-5-15-27/h2-3,6-7,16,19-21,24,28H,4-5,8-15H2,1H3/b22-16-. The molecule has 3 fully saturated rings.